The molecule has 5 nitrogen and oxygen atoms in total. The Kier molecular flexibility index (Phi) is 6.78. The first-order valence-corrected chi connectivity index (χ1v) is 8.79. The van der Waals surface area contributed by atoms with Crippen LogP contribution in [0, 0.1) is 42.4 Å². The summed E-state index contributed by atoms with van der Waals surface area (Å²) < 4.78 is 23.9. The van der Waals surface area contributed by atoms with Gasteiger partial charge in [0.05, 0.1) is 25.4 Å². The molecule has 0 saturated carbocycles. The summed E-state index contributed by atoms with van der Waals surface area (Å²) in [5.74, 6) is -1.11. The van der Waals surface area contributed by atoms with Crippen molar-refractivity contribution in [1.29, 1.82) is 10.5 Å². The molecule has 1 rings (SSSR count). The Morgan fingerprint density at radius 1 is 1.05 bits per heavy atom. The molecular weight excluding hydrogens is 299 g/mol. The van der Waals surface area contributed by atoms with Gasteiger partial charge in [-0.3, -0.25) is 4.57 Å². The van der Waals surface area contributed by atoms with Gasteiger partial charge in [0.15, 0.2) is 5.92 Å². The summed E-state index contributed by atoms with van der Waals surface area (Å²) in [6.07, 6.45) is 0. The molecule has 6 heteroatoms. The normalized spacial score (nSPS) is 12.7. The van der Waals surface area contributed by atoms with Gasteiger partial charge in [-0.05, 0) is 33.3 Å². The predicted molar refractivity (Wildman–Crippen MR) is 84.2 cm³/mol. The van der Waals surface area contributed by atoms with Gasteiger partial charge in [0.25, 0.3) is 0 Å². The van der Waals surface area contributed by atoms with E-state index in [4.69, 9.17) is 9.05 Å². The lowest BCUT2D eigenvalue weighted by Crippen LogP contribution is -2.15. The first kappa shape index (κ1) is 18.4. The van der Waals surface area contributed by atoms with Gasteiger partial charge >= 0.3 is 7.60 Å². The average molecular weight is 320 g/mol. The lowest BCUT2D eigenvalue weighted by atomic mass is 9.98. The zero-order valence-electron chi connectivity index (χ0n) is 13.4. The van der Waals surface area contributed by atoms with Gasteiger partial charge in [-0.15, -0.1) is 0 Å². The summed E-state index contributed by atoms with van der Waals surface area (Å²) in [4.78, 5) is 0. The fraction of sp³-hybridized carbons (Fsp3) is 0.500. The summed E-state index contributed by atoms with van der Waals surface area (Å²) in [5.41, 5.74) is 1.65. The minimum absolute atomic E-state index is 0.183. The molecular formula is C16H21N2O3P. The highest BCUT2D eigenvalue weighted by molar-refractivity contribution is 7.54. The van der Waals surface area contributed by atoms with E-state index in [-0.39, 0.29) is 13.2 Å². The molecule has 0 fully saturated rings. The maximum absolute atomic E-state index is 13.1. The Hall–Kier alpha value is -1.65. The minimum atomic E-state index is -3.63. The van der Waals surface area contributed by atoms with Crippen LogP contribution in [0.5, 0.6) is 0 Å². The van der Waals surface area contributed by atoms with Crippen LogP contribution in [0.1, 0.15) is 36.2 Å². The van der Waals surface area contributed by atoms with E-state index in [9.17, 15) is 15.1 Å². The molecule has 0 aliphatic heterocycles. The van der Waals surface area contributed by atoms with Gasteiger partial charge in [-0.1, -0.05) is 29.3 Å². The van der Waals surface area contributed by atoms with E-state index in [1.807, 2.05) is 44.2 Å². The Labute approximate surface area is 132 Å². The van der Waals surface area contributed by atoms with Crippen LogP contribution in [0.15, 0.2) is 18.2 Å². The second-order valence-electron chi connectivity index (χ2n) is 4.98. The standard InChI is InChI=1S/C16H21N2O3P/c1-5-20-22(19,21-6-2)16(15(10-17)11-18)14-8-12(3)7-13(4)9-14/h7-9,15-16H,5-6H2,1-4H3. The van der Waals surface area contributed by atoms with Crippen LogP contribution < -0.4 is 0 Å². The van der Waals surface area contributed by atoms with Gasteiger partial charge in [-0.25, -0.2) is 0 Å². The lowest BCUT2D eigenvalue weighted by molar-refractivity contribution is 0.209. The maximum Gasteiger partial charge on any atom is 0.340 e. The largest absolute Gasteiger partial charge is 0.340 e. The van der Waals surface area contributed by atoms with Gasteiger partial charge in [0.1, 0.15) is 5.66 Å². The van der Waals surface area contributed by atoms with E-state index in [0.717, 1.165) is 11.1 Å². The van der Waals surface area contributed by atoms with Crippen molar-refractivity contribution in [2.75, 3.05) is 13.2 Å². The Morgan fingerprint density at radius 2 is 1.50 bits per heavy atom. The molecule has 1 unspecified atom stereocenters. The molecule has 22 heavy (non-hydrogen) atoms. The van der Waals surface area contributed by atoms with Crippen molar-refractivity contribution in [3.63, 3.8) is 0 Å². The molecule has 0 heterocycles. The number of benzene rings is 1. The van der Waals surface area contributed by atoms with E-state index < -0.39 is 19.2 Å². The number of hydrogen-bond donors (Lipinski definition) is 0. The van der Waals surface area contributed by atoms with E-state index in [1.165, 1.54) is 0 Å². The van der Waals surface area contributed by atoms with Crippen molar-refractivity contribution in [2.45, 2.75) is 33.4 Å². The molecule has 0 radical (unpaired) electrons. The Balaban J connectivity index is 3.50. The molecule has 0 aliphatic carbocycles. The highest BCUT2D eigenvalue weighted by Crippen LogP contribution is 2.63. The molecule has 0 amide bonds. The smallest absolute Gasteiger partial charge is 0.308 e. The third kappa shape index (κ3) is 4.18. The monoisotopic (exact) mass is 320 g/mol. The summed E-state index contributed by atoms with van der Waals surface area (Å²) in [6.45, 7) is 7.60. The number of nitrogens with zero attached hydrogens (tertiary/aromatic N) is 2. The fourth-order valence-electron chi connectivity index (χ4n) is 2.47. The summed E-state index contributed by atoms with van der Waals surface area (Å²) in [7, 11) is -3.63. The van der Waals surface area contributed by atoms with Gasteiger partial charge < -0.3 is 9.05 Å². The fourth-order valence-corrected chi connectivity index (χ4v) is 4.59. The number of hydrogen-bond acceptors (Lipinski definition) is 5. The molecule has 1 atom stereocenters. The zero-order valence-corrected chi connectivity index (χ0v) is 14.3. The van der Waals surface area contributed by atoms with Crippen molar-refractivity contribution in [3.05, 3.63) is 34.9 Å². The minimum Gasteiger partial charge on any atom is -0.308 e. The summed E-state index contributed by atoms with van der Waals surface area (Å²) in [5, 5.41) is 18.6. The van der Waals surface area contributed by atoms with Crippen LogP contribution >= 0.6 is 7.60 Å². The van der Waals surface area contributed by atoms with Crippen molar-refractivity contribution >= 4 is 7.60 Å². The number of nitriles is 2. The second kappa shape index (κ2) is 8.11. The van der Waals surface area contributed by atoms with Crippen molar-refractivity contribution in [2.24, 2.45) is 5.92 Å². The van der Waals surface area contributed by atoms with Gasteiger partial charge in [0.2, 0.25) is 0 Å². The maximum atomic E-state index is 13.1. The third-order valence-corrected chi connectivity index (χ3v) is 5.65. The number of aryl methyl sites for hydroxylation is 2. The van der Waals surface area contributed by atoms with Crippen LogP contribution in [0.3, 0.4) is 0 Å². The molecule has 0 saturated heterocycles. The second-order valence-corrected chi connectivity index (χ2v) is 7.13. The van der Waals surface area contributed by atoms with Crippen molar-refractivity contribution in [1.82, 2.24) is 0 Å². The van der Waals surface area contributed by atoms with Crippen LogP contribution in [-0.2, 0) is 13.6 Å². The Bertz CT molecular complexity index is 602. The molecule has 0 N–H and O–H groups in total. The molecule has 0 aliphatic rings. The SMILES string of the molecule is CCOP(=O)(OCC)C(c1cc(C)cc(C)c1)C(C#N)C#N. The van der Waals surface area contributed by atoms with Crippen LogP contribution in [0.2, 0.25) is 0 Å². The van der Waals surface area contributed by atoms with Crippen molar-refractivity contribution < 1.29 is 13.6 Å². The highest BCUT2D eigenvalue weighted by Gasteiger charge is 2.43. The van der Waals surface area contributed by atoms with Crippen LogP contribution in [0.4, 0.5) is 0 Å². The van der Waals surface area contributed by atoms with E-state index in [1.54, 1.807) is 13.8 Å². The van der Waals surface area contributed by atoms with E-state index >= 15 is 0 Å². The van der Waals surface area contributed by atoms with Crippen LogP contribution in [0.25, 0.3) is 0 Å². The summed E-state index contributed by atoms with van der Waals surface area (Å²) in [6, 6.07) is 9.46. The molecule has 0 bridgehead atoms. The number of rotatable bonds is 7. The van der Waals surface area contributed by atoms with Crippen LogP contribution in [-0.4, -0.2) is 13.2 Å². The molecule has 118 valence electrons. The van der Waals surface area contributed by atoms with Gasteiger partial charge in [0, 0.05) is 0 Å². The summed E-state index contributed by atoms with van der Waals surface area (Å²) >= 11 is 0. The molecule has 0 spiro atoms. The average Bonchev–Trinajstić information content (AvgIpc) is 2.43. The topological polar surface area (TPSA) is 83.1 Å². The lowest BCUT2D eigenvalue weighted by Gasteiger charge is -2.27. The highest BCUT2D eigenvalue weighted by atomic mass is 31.2. The quantitative estimate of drug-likeness (QED) is 0.700. The van der Waals surface area contributed by atoms with Crippen molar-refractivity contribution in [3.8, 4) is 12.1 Å². The zero-order chi connectivity index (χ0) is 16.8. The van der Waals surface area contributed by atoms with E-state index in [2.05, 4.69) is 0 Å². The third-order valence-electron chi connectivity index (χ3n) is 3.14. The first-order chi connectivity index (χ1) is 10.4. The predicted octanol–water partition coefficient (Wildman–Crippen LogP) is 4.27. The Morgan fingerprint density at radius 3 is 1.86 bits per heavy atom. The molecule has 1 aromatic carbocycles. The molecule has 1 aromatic rings. The van der Waals surface area contributed by atoms with Gasteiger partial charge in [-0.2, -0.15) is 10.5 Å². The van der Waals surface area contributed by atoms with E-state index in [0.29, 0.717) is 5.56 Å². The first-order valence-electron chi connectivity index (χ1n) is 7.18. The molecule has 0 aromatic heterocycles.